The summed E-state index contributed by atoms with van der Waals surface area (Å²) in [5.74, 6) is -2.50. The van der Waals surface area contributed by atoms with Crippen molar-refractivity contribution in [3.8, 4) is 0 Å². The second-order valence-corrected chi connectivity index (χ2v) is 11.5. The summed E-state index contributed by atoms with van der Waals surface area (Å²) in [6.45, 7) is 2.26. The summed E-state index contributed by atoms with van der Waals surface area (Å²) >= 11 is 7.92. The van der Waals surface area contributed by atoms with Gasteiger partial charge in [-0.05, 0) is 31.9 Å². The number of para-hydroxylation sites is 1. The fourth-order valence-corrected chi connectivity index (χ4v) is 8.26. The Labute approximate surface area is 207 Å². The van der Waals surface area contributed by atoms with Crippen molar-refractivity contribution in [2.45, 2.75) is 35.3 Å². The average molecular weight is 503 g/mol. The Morgan fingerprint density at radius 1 is 1.15 bits per heavy atom. The first-order chi connectivity index (χ1) is 16.3. The van der Waals surface area contributed by atoms with Crippen molar-refractivity contribution in [3.63, 3.8) is 0 Å². The molecule has 1 aromatic rings. The lowest BCUT2D eigenvalue weighted by atomic mass is 9.74. The molecule has 0 aromatic heterocycles. The first-order valence-electron chi connectivity index (χ1n) is 11.5. The van der Waals surface area contributed by atoms with E-state index in [0.29, 0.717) is 17.3 Å². The largest absolute Gasteiger partial charge is 0.465 e. The lowest BCUT2D eigenvalue weighted by Gasteiger charge is -2.36. The first-order valence-corrected chi connectivity index (χ1v) is 12.7. The number of hydrogen-bond acceptors (Lipinski definition) is 6. The van der Waals surface area contributed by atoms with Gasteiger partial charge in [-0.1, -0.05) is 48.0 Å². The molecule has 4 heterocycles. The Balaban J connectivity index is 1.66. The Kier molecular flexibility index (Phi) is 6.02. The molecule has 5 rings (SSSR count). The van der Waals surface area contributed by atoms with Gasteiger partial charge in [0.2, 0.25) is 5.91 Å². The van der Waals surface area contributed by atoms with Crippen molar-refractivity contribution in [3.05, 3.63) is 53.6 Å². The minimum atomic E-state index is -0.971. The van der Waals surface area contributed by atoms with Crippen LogP contribution in [-0.2, 0) is 19.1 Å². The lowest BCUT2D eigenvalue weighted by molar-refractivity contribution is -0.154. The quantitative estimate of drug-likeness (QED) is 0.505. The summed E-state index contributed by atoms with van der Waals surface area (Å²) in [6.07, 6.45) is 9.38. The number of esters is 1. The molecule has 1 N–H and O–H groups in total. The molecule has 4 aliphatic rings. The van der Waals surface area contributed by atoms with Gasteiger partial charge in [0.15, 0.2) is 0 Å². The molecule has 0 bridgehead atoms. The van der Waals surface area contributed by atoms with Crippen molar-refractivity contribution in [2.24, 2.45) is 11.8 Å². The van der Waals surface area contributed by atoms with Gasteiger partial charge in [0.05, 0.1) is 40.5 Å². The molecule has 0 saturated carbocycles. The van der Waals surface area contributed by atoms with Crippen LogP contribution in [0.3, 0.4) is 0 Å². The summed E-state index contributed by atoms with van der Waals surface area (Å²) in [5.41, 5.74) is 0.562. The number of nitrogens with zero attached hydrogens (tertiary/aromatic N) is 2. The molecule has 1 unspecified atom stereocenters. The van der Waals surface area contributed by atoms with Gasteiger partial charge in [-0.3, -0.25) is 14.4 Å². The SMILES string of the molecule is C[C@]12/C=C\CCCOC(=O)[C@H]1[C@H]1C(=O)N(CCO)C3C(=O)N(c4ccccc4Cl)CC=C[C@@]31S2. The summed E-state index contributed by atoms with van der Waals surface area (Å²) in [5, 5.41) is 10.2. The number of likely N-dealkylation sites (tertiary alicyclic amines) is 1. The van der Waals surface area contributed by atoms with Gasteiger partial charge in [-0.2, -0.15) is 0 Å². The number of aliphatic hydroxyl groups excluding tert-OH is 1. The zero-order chi connectivity index (χ0) is 24.1. The third-order valence-electron chi connectivity index (χ3n) is 7.23. The van der Waals surface area contributed by atoms with E-state index in [4.69, 9.17) is 16.3 Å². The van der Waals surface area contributed by atoms with E-state index in [1.807, 2.05) is 37.3 Å². The molecule has 34 heavy (non-hydrogen) atoms. The lowest BCUT2D eigenvalue weighted by Crippen LogP contribution is -2.54. The average Bonchev–Trinajstić information content (AvgIpc) is 3.14. The Morgan fingerprint density at radius 3 is 2.71 bits per heavy atom. The molecule has 0 radical (unpaired) electrons. The monoisotopic (exact) mass is 502 g/mol. The minimum Gasteiger partial charge on any atom is -0.465 e. The Bertz CT molecular complexity index is 1090. The molecular formula is C25H27ClN2O5S. The predicted molar refractivity (Wildman–Crippen MR) is 131 cm³/mol. The Morgan fingerprint density at radius 2 is 1.94 bits per heavy atom. The third-order valence-corrected chi connectivity index (χ3v) is 9.35. The normalized spacial score (nSPS) is 36.1. The fourth-order valence-electron chi connectivity index (χ4n) is 5.87. The second kappa shape index (κ2) is 8.73. The number of allylic oxidation sites excluding steroid dienone is 1. The molecule has 1 spiro atoms. The third kappa shape index (κ3) is 3.41. The van der Waals surface area contributed by atoms with Crippen LogP contribution in [0, 0.1) is 11.8 Å². The zero-order valence-corrected chi connectivity index (χ0v) is 20.4. The number of thioether (sulfide) groups is 1. The molecule has 7 nitrogen and oxygen atoms in total. The molecule has 5 atom stereocenters. The number of amides is 2. The fraction of sp³-hybridized carbons (Fsp3) is 0.480. The highest BCUT2D eigenvalue weighted by Crippen LogP contribution is 2.65. The van der Waals surface area contributed by atoms with Gasteiger partial charge in [0.25, 0.3) is 5.91 Å². The number of carbonyl (C=O) groups is 3. The highest BCUT2D eigenvalue weighted by atomic mass is 35.5. The molecule has 1 aromatic carbocycles. The second-order valence-electron chi connectivity index (χ2n) is 9.27. The number of carbonyl (C=O) groups excluding carboxylic acids is 3. The molecule has 4 aliphatic heterocycles. The van der Waals surface area contributed by atoms with Crippen molar-refractivity contribution < 1.29 is 24.2 Å². The van der Waals surface area contributed by atoms with Crippen LogP contribution in [0.4, 0.5) is 5.69 Å². The van der Waals surface area contributed by atoms with Gasteiger partial charge in [-0.15, -0.1) is 11.8 Å². The number of aliphatic hydroxyl groups is 1. The van der Waals surface area contributed by atoms with E-state index in [1.54, 1.807) is 23.1 Å². The molecule has 2 saturated heterocycles. The molecule has 0 aliphatic carbocycles. The van der Waals surface area contributed by atoms with E-state index < -0.39 is 33.3 Å². The van der Waals surface area contributed by atoms with Crippen LogP contribution in [0.15, 0.2) is 48.6 Å². The van der Waals surface area contributed by atoms with Crippen LogP contribution in [0.25, 0.3) is 0 Å². The van der Waals surface area contributed by atoms with Crippen LogP contribution in [-0.4, -0.2) is 69.6 Å². The smallest absolute Gasteiger partial charge is 0.311 e. The van der Waals surface area contributed by atoms with Crippen LogP contribution < -0.4 is 4.90 Å². The van der Waals surface area contributed by atoms with Crippen molar-refractivity contribution in [1.29, 1.82) is 0 Å². The van der Waals surface area contributed by atoms with Gasteiger partial charge < -0.3 is 19.6 Å². The summed E-state index contributed by atoms with van der Waals surface area (Å²) in [7, 11) is 0. The number of β-amino-alcohol motifs (C(OH)–C–C–N with tert-alkyl or cyclic N) is 1. The van der Waals surface area contributed by atoms with Gasteiger partial charge in [-0.25, -0.2) is 0 Å². The van der Waals surface area contributed by atoms with E-state index in [-0.39, 0.29) is 31.5 Å². The standard InChI is InChI=1S/C25H27ClN2O5S/c1-24-10-5-2-6-15-33-23(32)19(24)18-21(30)28(13-14-29)20-22(31)27(12-7-11-25(18,20)34-24)17-9-4-3-8-16(17)26/h3-5,7-11,18-20,29H,2,6,12-15H2,1H3/b10-5-/t18-,19+,20?,24-,25-/m0/s1. The highest BCUT2D eigenvalue weighted by molar-refractivity contribution is 8.02. The highest BCUT2D eigenvalue weighted by Gasteiger charge is 2.73. The maximum atomic E-state index is 14.1. The first kappa shape index (κ1) is 23.5. The van der Waals surface area contributed by atoms with Crippen LogP contribution in [0.2, 0.25) is 5.02 Å². The molecule has 180 valence electrons. The number of halogens is 1. The molecule has 2 fully saturated rings. The number of ether oxygens (including phenoxy) is 1. The minimum absolute atomic E-state index is 0.00652. The van der Waals surface area contributed by atoms with Crippen molar-refractivity contribution in [1.82, 2.24) is 4.90 Å². The summed E-state index contributed by atoms with van der Waals surface area (Å²) < 4.78 is 3.90. The summed E-state index contributed by atoms with van der Waals surface area (Å²) in [4.78, 5) is 44.3. The molecular weight excluding hydrogens is 476 g/mol. The zero-order valence-electron chi connectivity index (χ0n) is 18.9. The van der Waals surface area contributed by atoms with Gasteiger partial charge >= 0.3 is 5.97 Å². The van der Waals surface area contributed by atoms with Crippen LogP contribution >= 0.6 is 23.4 Å². The van der Waals surface area contributed by atoms with Gasteiger partial charge in [0, 0.05) is 17.8 Å². The Hall–Kier alpha value is -2.29. The van der Waals surface area contributed by atoms with E-state index in [9.17, 15) is 19.5 Å². The van der Waals surface area contributed by atoms with E-state index in [1.165, 1.54) is 16.7 Å². The number of cyclic esters (lactones) is 1. The maximum absolute atomic E-state index is 14.1. The number of benzene rings is 1. The number of rotatable bonds is 3. The number of fused-ring (bicyclic) bond motifs is 2. The number of anilines is 1. The van der Waals surface area contributed by atoms with E-state index in [0.717, 1.165) is 12.8 Å². The van der Waals surface area contributed by atoms with Crippen molar-refractivity contribution >= 4 is 46.8 Å². The molecule has 9 heteroatoms. The maximum Gasteiger partial charge on any atom is 0.311 e. The van der Waals surface area contributed by atoms with Crippen LogP contribution in [0.5, 0.6) is 0 Å². The number of hydrogen-bond donors (Lipinski definition) is 1. The predicted octanol–water partition coefficient (Wildman–Crippen LogP) is 2.82. The van der Waals surface area contributed by atoms with E-state index in [2.05, 4.69) is 0 Å². The summed E-state index contributed by atoms with van der Waals surface area (Å²) in [6, 6.07) is 6.22. The van der Waals surface area contributed by atoms with Gasteiger partial charge in [0.1, 0.15) is 6.04 Å². The van der Waals surface area contributed by atoms with E-state index >= 15 is 0 Å². The van der Waals surface area contributed by atoms with Crippen LogP contribution in [0.1, 0.15) is 19.8 Å². The van der Waals surface area contributed by atoms with Crippen molar-refractivity contribution in [2.75, 3.05) is 31.2 Å². The topological polar surface area (TPSA) is 87.1 Å². The molecule has 2 amide bonds.